The Bertz CT molecular complexity index is 750. The van der Waals surface area contributed by atoms with Crippen molar-refractivity contribution in [3.8, 4) is 0 Å². The summed E-state index contributed by atoms with van der Waals surface area (Å²) in [5, 5.41) is 0. The summed E-state index contributed by atoms with van der Waals surface area (Å²) in [7, 11) is -3.48. The minimum absolute atomic E-state index is 0.0490. The molecule has 1 saturated heterocycles. The Kier molecular flexibility index (Phi) is 4.95. The van der Waals surface area contributed by atoms with E-state index in [-0.39, 0.29) is 6.04 Å². The maximum absolute atomic E-state index is 13.0. The summed E-state index contributed by atoms with van der Waals surface area (Å²) >= 11 is 8.76. The molecule has 120 valence electrons. The quantitative estimate of drug-likeness (QED) is 0.750. The van der Waals surface area contributed by atoms with Crippen LogP contribution in [0.3, 0.4) is 0 Å². The van der Waals surface area contributed by atoms with Crippen LogP contribution in [0.25, 0.3) is 0 Å². The van der Waals surface area contributed by atoms with Gasteiger partial charge in [0.15, 0.2) is 0 Å². The van der Waals surface area contributed by atoms with E-state index in [2.05, 4.69) is 19.1 Å². The summed E-state index contributed by atoms with van der Waals surface area (Å²) in [6.45, 7) is 2.64. The molecule has 2 aromatic rings. The number of halogens is 1. The number of nitrogens with zero attached hydrogens (tertiary/aromatic N) is 1. The molecule has 1 aliphatic rings. The maximum Gasteiger partial charge on any atom is 0.253 e. The van der Waals surface area contributed by atoms with Gasteiger partial charge in [0, 0.05) is 16.3 Å². The Labute approximate surface area is 144 Å². The van der Waals surface area contributed by atoms with Crippen molar-refractivity contribution >= 4 is 44.3 Å². The average molecular weight is 376 g/mol. The van der Waals surface area contributed by atoms with Crippen molar-refractivity contribution in [2.24, 2.45) is 0 Å². The van der Waals surface area contributed by atoms with Crippen molar-refractivity contribution in [1.29, 1.82) is 0 Å². The minimum Gasteiger partial charge on any atom is -0.206 e. The third-order valence-electron chi connectivity index (χ3n) is 3.90. The smallest absolute Gasteiger partial charge is 0.206 e. The van der Waals surface area contributed by atoms with Crippen LogP contribution in [-0.2, 0) is 10.0 Å². The highest BCUT2D eigenvalue weighted by Crippen LogP contribution is 2.39. The van der Waals surface area contributed by atoms with Crippen LogP contribution in [0.1, 0.15) is 41.5 Å². The molecule has 0 spiro atoms. The molecule has 0 aliphatic carbocycles. The van der Waals surface area contributed by atoms with Gasteiger partial charge in [0.2, 0.25) is 0 Å². The zero-order chi connectivity index (χ0) is 15.7. The molecule has 3 rings (SSSR count). The molecule has 3 nitrogen and oxygen atoms in total. The molecule has 2 aromatic heterocycles. The van der Waals surface area contributed by atoms with Gasteiger partial charge in [-0.05, 0) is 44.0 Å². The Balaban J connectivity index is 2.00. The molecule has 0 radical (unpaired) electrons. The van der Waals surface area contributed by atoms with Crippen molar-refractivity contribution in [1.82, 2.24) is 4.31 Å². The summed E-state index contributed by atoms with van der Waals surface area (Å²) in [5.41, 5.74) is 0. The van der Waals surface area contributed by atoms with Crippen LogP contribution >= 0.6 is 34.3 Å². The van der Waals surface area contributed by atoms with Gasteiger partial charge in [-0.3, -0.25) is 0 Å². The first-order valence-corrected chi connectivity index (χ1v) is 10.8. The Morgan fingerprint density at radius 1 is 1.14 bits per heavy atom. The van der Waals surface area contributed by atoms with Gasteiger partial charge in [-0.15, -0.1) is 22.7 Å². The van der Waals surface area contributed by atoms with E-state index in [1.165, 1.54) is 4.88 Å². The molecule has 1 aliphatic heterocycles. The van der Waals surface area contributed by atoms with Gasteiger partial charge >= 0.3 is 0 Å². The zero-order valence-corrected chi connectivity index (χ0v) is 15.5. The number of rotatable bonds is 3. The number of hydrogen-bond donors (Lipinski definition) is 0. The van der Waals surface area contributed by atoms with E-state index in [1.54, 1.807) is 27.8 Å². The van der Waals surface area contributed by atoms with Gasteiger partial charge in [0.05, 0.1) is 10.4 Å². The fraction of sp³-hybridized carbons (Fsp3) is 0.467. The van der Waals surface area contributed by atoms with E-state index in [9.17, 15) is 8.42 Å². The van der Waals surface area contributed by atoms with E-state index < -0.39 is 10.0 Å². The fourth-order valence-corrected chi connectivity index (χ4v) is 7.22. The first-order chi connectivity index (χ1) is 10.5. The van der Waals surface area contributed by atoms with Gasteiger partial charge in [-0.2, -0.15) is 4.31 Å². The molecule has 0 unspecified atom stereocenters. The van der Waals surface area contributed by atoms with Gasteiger partial charge in [0.1, 0.15) is 4.21 Å². The summed E-state index contributed by atoms with van der Waals surface area (Å²) < 4.78 is 28.6. The summed E-state index contributed by atoms with van der Waals surface area (Å²) in [5.74, 6) is 0. The maximum atomic E-state index is 13.0. The molecule has 0 bridgehead atoms. The number of hydrogen-bond acceptors (Lipinski definition) is 4. The molecular formula is C15H18ClNO2S3. The van der Waals surface area contributed by atoms with Gasteiger partial charge < -0.3 is 0 Å². The van der Waals surface area contributed by atoms with E-state index in [1.807, 2.05) is 0 Å². The molecule has 0 amide bonds. The van der Waals surface area contributed by atoms with Crippen molar-refractivity contribution in [2.75, 3.05) is 6.54 Å². The third kappa shape index (κ3) is 3.26. The molecule has 1 atom stereocenters. The normalized spacial score (nSPS) is 20.9. The van der Waals surface area contributed by atoms with E-state index >= 15 is 0 Å². The molecular weight excluding hydrogens is 358 g/mol. The Hall–Kier alpha value is -0.400. The third-order valence-corrected chi connectivity index (χ3v) is 8.61. The summed E-state index contributed by atoms with van der Waals surface area (Å²) in [4.78, 5) is 2.36. The lowest BCUT2D eigenvalue weighted by molar-refractivity contribution is 0.334. The minimum atomic E-state index is -3.48. The molecule has 0 aromatic carbocycles. The highest BCUT2D eigenvalue weighted by atomic mass is 35.5. The second-order valence-corrected chi connectivity index (χ2v) is 10.6. The topological polar surface area (TPSA) is 37.4 Å². The first kappa shape index (κ1) is 16.5. The van der Waals surface area contributed by atoms with Crippen molar-refractivity contribution in [3.05, 3.63) is 38.4 Å². The van der Waals surface area contributed by atoms with Crippen LogP contribution in [-0.4, -0.2) is 19.3 Å². The molecule has 1 fully saturated rings. The fourth-order valence-electron chi connectivity index (χ4n) is 2.84. The molecule has 0 saturated carbocycles. The van der Waals surface area contributed by atoms with Crippen molar-refractivity contribution < 1.29 is 8.42 Å². The number of aryl methyl sites for hydroxylation is 1. The van der Waals surface area contributed by atoms with Crippen LogP contribution in [0.4, 0.5) is 0 Å². The van der Waals surface area contributed by atoms with Crippen LogP contribution in [0.2, 0.25) is 4.34 Å². The Morgan fingerprint density at radius 2 is 1.95 bits per heavy atom. The highest BCUT2D eigenvalue weighted by Gasteiger charge is 2.34. The van der Waals surface area contributed by atoms with Crippen molar-refractivity contribution in [2.45, 2.75) is 42.9 Å². The monoisotopic (exact) mass is 375 g/mol. The van der Waals surface area contributed by atoms with Gasteiger partial charge in [0.25, 0.3) is 10.0 Å². The van der Waals surface area contributed by atoms with E-state index in [0.717, 1.165) is 41.9 Å². The second kappa shape index (κ2) is 6.61. The Morgan fingerprint density at radius 3 is 2.59 bits per heavy atom. The van der Waals surface area contributed by atoms with Crippen LogP contribution in [0, 0.1) is 6.92 Å². The lowest BCUT2D eigenvalue weighted by atomic mass is 10.1. The zero-order valence-electron chi connectivity index (χ0n) is 12.3. The molecule has 0 N–H and O–H groups in total. The van der Waals surface area contributed by atoms with Crippen LogP contribution < -0.4 is 0 Å². The van der Waals surface area contributed by atoms with E-state index in [4.69, 9.17) is 11.6 Å². The predicted octanol–water partition coefficient (Wildman–Crippen LogP) is 5.08. The largest absolute Gasteiger partial charge is 0.253 e. The predicted molar refractivity (Wildman–Crippen MR) is 93.5 cm³/mol. The molecule has 22 heavy (non-hydrogen) atoms. The SMILES string of the molecule is Cc1ccc([C@@H]2CCCCCN2S(=O)(=O)c2ccc(Cl)s2)s1. The first-order valence-electron chi connectivity index (χ1n) is 7.32. The van der Waals surface area contributed by atoms with Crippen LogP contribution in [0.15, 0.2) is 28.5 Å². The molecule has 3 heterocycles. The van der Waals surface area contributed by atoms with Crippen LogP contribution in [0.5, 0.6) is 0 Å². The second-order valence-electron chi connectivity index (χ2n) is 5.49. The van der Waals surface area contributed by atoms with Gasteiger partial charge in [-0.25, -0.2) is 8.42 Å². The standard InChI is InChI=1S/C15H18ClNO2S3/c1-11-6-7-13(20-11)12-5-3-2-4-10-17(12)22(18,19)15-9-8-14(16)21-15/h6-9,12H,2-5,10H2,1H3/t12-/m0/s1. The number of thiophene rings is 2. The average Bonchev–Trinajstić information content (AvgIpc) is 3.01. The molecule has 7 heteroatoms. The van der Waals surface area contributed by atoms with Crippen molar-refractivity contribution in [3.63, 3.8) is 0 Å². The van der Waals surface area contributed by atoms with Gasteiger partial charge in [-0.1, -0.05) is 24.4 Å². The lowest BCUT2D eigenvalue weighted by Gasteiger charge is -2.27. The lowest BCUT2D eigenvalue weighted by Crippen LogP contribution is -2.34. The summed E-state index contributed by atoms with van der Waals surface area (Å²) in [6, 6.07) is 7.36. The highest BCUT2D eigenvalue weighted by molar-refractivity contribution is 7.91. The number of sulfonamides is 1. The summed E-state index contributed by atoms with van der Waals surface area (Å²) in [6.07, 6.45) is 3.95. The van der Waals surface area contributed by atoms with E-state index in [0.29, 0.717) is 15.1 Å².